The molecule has 0 amide bonds. The molecule has 19 heavy (non-hydrogen) atoms. The molecule has 0 unspecified atom stereocenters. The predicted octanol–water partition coefficient (Wildman–Crippen LogP) is 3.61. The summed E-state index contributed by atoms with van der Waals surface area (Å²) in [7, 11) is 1.42. The van der Waals surface area contributed by atoms with E-state index in [9.17, 15) is 4.79 Å². The minimum atomic E-state index is -0.228. The highest BCUT2D eigenvalue weighted by Gasteiger charge is 2.37. The number of fused-ring (bicyclic) bond motifs is 1. The Morgan fingerprint density at radius 3 is 2.84 bits per heavy atom. The van der Waals surface area contributed by atoms with Gasteiger partial charge in [0.15, 0.2) is 0 Å². The number of benzene rings is 1. The molecule has 0 aliphatic carbocycles. The fourth-order valence-electron chi connectivity index (χ4n) is 2.96. The van der Waals surface area contributed by atoms with Crippen LogP contribution in [0.4, 0.5) is 5.69 Å². The summed E-state index contributed by atoms with van der Waals surface area (Å²) in [5.41, 5.74) is 2.19. The lowest BCUT2D eigenvalue weighted by atomic mass is 9.80. The Morgan fingerprint density at radius 1 is 1.53 bits per heavy atom. The van der Waals surface area contributed by atoms with Gasteiger partial charge in [-0.2, -0.15) is 0 Å². The third-order valence-electron chi connectivity index (χ3n) is 3.87. The second-order valence-electron chi connectivity index (χ2n) is 5.78. The van der Waals surface area contributed by atoms with Gasteiger partial charge in [0, 0.05) is 16.2 Å². The Bertz CT molecular complexity index is 499. The molecule has 0 spiro atoms. The first-order valence-electron chi connectivity index (χ1n) is 6.49. The SMILES string of the molecule is COC(=O)CN1c2cc(Cl)ccc2[C@@H](C)CC1(C)C. The van der Waals surface area contributed by atoms with Crippen LogP contribution in [0.5, 0.6) is 0 Å². The first-order valence-corrected chi connectivity index (χ1v) is 6.87. The van der Waals surface area contributed by atoms with Gasteiger partial charge < -0.3 is 9.64 Å². The number of anilines is 1. The zero-order chi connectivity index (χ0) is 14.2. The van der Waals surface area contributed by atoms with Gasteiger partial charge in [-0.15, -0.1) is 0 Å². The summed E-state index contributed by atoms with van der Waals surface area (Å²) in [6.45, 7) is 6.76. The minimum absolute atomic E-state index is 0.0920. The van der Waals surface area contributed by atoms with E-state index in [1.807, 2.05) is 12.1 Å². The maximum atomic E-state index is 11.6. The van der Waals surface area contributed by atoms with E-state index in [2.05, 4.69) is 31.7 Å². The number of ether oxygens (including phenoxy) is 1. The van der Waals surface area contributed by atoms with Crippen LogP contribution in [-0.4, -0.2) is 25.2 Å². The van der Waals surface area contributed by atoms with Crippen molar-refractivity contribution in [2.45, 2.75) is 38.6 Å². The molecule has 1 aliphatic rings. The lowest BCUT2D eigenvalue weighted by Gasteiger charge is -2.47. The molecule has 0 bridgehead atoms. The van der Waals surface area contributed by atoms with Gasteiger partial charge in [0.2, 0.25) is 0 Å². The molecular weight excluding hydrogens is 262 g/mol. The van der Waals surface area contributed by atoms with Crippen LogP contribution in [0.15, 0.2) is 18.2 Å². The van der Waals surface area contributed by atoms with E-state index in [4.69, 9.17) is 16.3 Å². The number of hydrogen-bond acceptors (Lipinski definition) is 3. The van der Waals surface area contributed by atoms with Gasteiger partial charge in [0.1, 0.15) is 6.54 Å². The van der Waals surface area contributed by atoms with Crippen molar-refractivity contribution in [3.8, 4) is 0 Å². The number of esters is 1. The zero-order valence-electron chi connectivity index (χ0n) is 11.9. The van der Waals surface area contributed by atoms with E-state index in [1.165, 1.54) is 12.7 Å². The third-order valence-corrected chi connectivity index (χ3v) is 4.10. The number of carbonyl (C=O) groups excluding carboxylic acids is 1. The topological polar surface area (TPSA) is 29.5 Å². The van der Waals surface area contributed by atoms with Crippen molar-refractivity contribution in [1.82, 2.24) is 0 Å². The van der Waals surface area contributed by atoms with E-state index >= 15 is 0 Å². The molecule has 0 radical (unpaired) electrons. The van der Waals surface area contributed by atoms with Gasteiger partial charge in [-0.3, -0.25) is 4.79 Å². The quantitative estimate of drug-likeness (QED) is 0.776. The van der Waals surface area contributed by atoms with E-state index in [0.29, 0.717) is 10.9 Å². The molecule has 104 valence electrons. The van der Waals surface area contributed by atoms with Gasteiger partial charge in [-0.25, -0.2) is 0 Å². The van der Waals surface area contributed by atoms with Crippen LogP contribution < -0.4 is 4.90 Å². The van der Waals surface area contributed by atoms with Crippen molar-refractivity contribution < 1.29 is 9.53 Å². The Balaban J connectivity index is 2.47. The third kappa shape index (κ3) is 2.71. The monoisotopic (exact) mass is 281 g/mol. The molecule has 0 N–H and O–H groups in total. The molecule has 1 heterocycles. The van der Waals surface area contributed by atoms with Crippen molar-refractivity contribution in [3.05, 3.63) is 28.8 Å². The maximum absolute atomic E-state index is 11.6. The molecule has 2 rings (SSSR count). The summed E-state index contributed by atoms with van der Waals surface area (Å²) in [6, 6.07) is 5.91. The summed E-state index contributed by atoms with van der Waals surface area (Å²) in [6.07, 6.45) is 0.999. The molecule has 1 aromatic carbocycles. The lowest BCUT2D eigenvalue weighted by molar-refractivity contribution is -0.139. The van der Waals surface area contributed by atoms with Gasteiger partial charge >= 0.3 is 5.97 Å². The fraction of sp³-hybridized carbons (Fsp3) is 0.533. The first kappa shape index (κ1) is 14.2. The molecule has 3 nitrogen and oxygen atoms in total. The minimum Gasteiger partial charge on any atom is -0.468 e. The highest BCUT2D eigenvalue weighted by Crippen LogP contribution is 2.43. The predicted molar refractivity (Wildman–Crippen MR) is 77.9 cm³/mol. The molecule has 1 aromatic rings. The molecule has 1 atom stereocenters. The van der Waals surface area contributed by atoms with Crippen LogP contribution in [-0.2, 0) is 9.53 Å². The van der Waals surface area contributed by atoms with Crippen LogP contribution in [0.25, 0.3) is 0 Å². The molecule has 0 saturated heterocycles. The van der Waals surface area contributed by atoms with Crippen LogP contribution >= 0.6 is 11.6 Å². The fourth-order valence-corrected chi connectivity index (χ4v) is 3.12. The van der Waals surface area contributed by atoms with Crippen LogP contribution in [0.2, 0.25) is 5.02 Å². The van der Waals surface area contributed by atoms with E-state index in [-0.39, 0.29) is 18.1 Å². The van der Waals surface area contributed by atoms with Crippen molar-refractivity contribution in [3.63, 3.8) is 0 Å². The maximum Gasteiger partial charge on any atom is 0.325 e. The van der Waals surface area contributed by atoms with E-state index in [1.54, 1.807) is 0 Å². The summed E-state index contributed by atoms with van der Waals surface area (Å²) in [5.74, 6) is 0.227. The normalized spacial score (nSPS) is 20.9. The number of carbonyl (C=O) groups is 1. The summed E-state index contributed by atoms with van der Waals surface area (Å²) in [5, 5.41) is 0.693. The van der Waals surface area contributed by atoms with Crippen molar-refractivity contribution in [2.75, 3.05) is 18.6 Å². The molecule has 1 aliphatic heterocycles. The van der Waals surface area contributed by atoms with Crippen LogP contribution in [0.1, 0.15) is 38.7 Å². The Hall–Kier alpha value is -1.22. The highest BCUT2D eigenvalue weighted by molar-refractivity contribution is 6.30. The van der Waals surface area contributed by atoms with E-state index < -0.39 is 0 Å². The second kappa shape index (κ2) is 5.04. The molecule has 0 aromatic heterocycles. The average Bonchev–Trinajstić information content (AvgIpc) is 2.33. The smallest absolute Gasteiger partial charge is 0.325 e. The summed E-state index contributed by atoms with van der Waals surface area (Å²) >= 11 is 6.11. The van der Waals surface area contributed by atoms with Crippen molar-refractivity contribution in [2.24, 2.45) is 0 Å². The lowest BCUT2D eigenvalue weighted by Crippen LogP contribution is -2.50. The van der Waals surface area contributed by atoms with E-state index in [0.717, 1.165) is 12.1 Å². The molecule has 0 fully saturated rings. The number of hydrogen-bond donors (Lipinski definition) is 0. The van der Waals surface area contributed by atoms with Gasteiger partial charge in [0.05, 0.1) is 7.11 Å². The van der Waals surface area contributed by atoms with Crippen molar-refractivity contribution >= 4 is 23.3 Å². The number of halogens is 1. The summed E-state index contributed by atoms with van der Waals surface area (Å²) in [4.78, 5) is 13.7. The largest absolute Gasteiger partial charge is 0.468 e. The Morgan fingerprint density at radius 2 is 2.21 bits per heavy atom. The van der Waals surface area contributed by atoms with Crippen LogP contribution in [0, 0.1) is 0 Å². The average molecular weight is 282 g/mol. The number of nitrogens with zero attached hydrogens (tertiary/aromatic N) is 1. The Labute approximate surface area is 119 Å². The molecule has 4 heteroatoms. The molecular formula is C15H20ClNO2. The standard InChI is InChI=1S/C15H20ClNO2/c1-10-8-15(2,3)17(9-14(18)19-4)13-7-11(16)5-6-12(10)13/h5-7,10H,8-9H2,1-4H3/t10-/m0/s1. The van der Waals surface area contributed by atoms with Gasteiger partial charge in [0.25, 0.3) is 0 Å². The highest BCUT2D eigenvalue weighted by atomic mass is 35.5. The Kier molecular flexibility index (Phi) is 3.77. The second-order valence-corrected chi connectivity index (χ2v) is 6.22. The summed E-state index contributed by atoms with van der Waals surface area (Å²) < 4.78 is 4.80. The zero-order valence-corrected chi connectivity index (χ0v) is 12.6. The van der Waals surface area contributed by atoms with Gasteiger partial charge in [-0.1, -0.05) is 24.6 Å². The number of rotatable bonds is 2. The van der Waals surface area contributed by atoms with Crippen LogP contribution in [0.3, 0.4) is 0 Å². The van der Waals surface area contributed by atoms with Gasteiger partial charge in [-0.05, 0) is 43.9 Å². The number of methoxy groups -OCH3 is 1. The van der Waals surface area contributed by atoms with Crippen molar-refractivity contribution in [1.29, 1.82) is 0 Å². The first-order chi connectivity index (χ1) is 8.85. The molecule has 0 saturated carbocycles.